The van der Waals surface area contributed by atoms with Gasteiger partial charge in [-0.2, -0.15) is 8.78 Å². The van der Waals surface area contributed by atoms with Gasteiger partial charge in [-0.1, -0.05) is 12.1 Å². The molecule has 4 nitrogen and oxygen atoms in total. The van der Waals surface area contributed by atoms with Crippen LogP contribution in [-0.4, -0.2) is 35.7 Å². The average Bonchev–Trinajstić information content (AvgIpc) is 2.32. The molecule has 0 heterocycles. The predicted octanol–water partition coefficient (Wildman–Crippen LogP) is 2.96. The van der Waals surface area contributed by atoms with Crippen molar-refractivity contribution in [1.82, 2.24) is 4.90 Å². The van der Waals surface area contributed by atoms with Crippen LogP contribution < -0.4 is 4.74 Å². The van der Waals surface area contributed by atoms with Crippen molar-refractivity contribution in [3.63, 3.8) is 0 Å². The lowest BCUT2D eigenvalue weighted by molar-refractivity contribution is -0.142. The summed E-state index contributed by atoms with van der Waals surface area (Å²) in [7, 11) is 1.60. The third-order valence-electron chi connectivity index (χ3n) is 2.69. The average molecular weight is 338 g/mol. The zero-order valence-corrected chi connectivity index (χ0v) is 12.0. The number of aliphatic carboxylic acids is 1. The van der Waals surface area contributed by atoms with Crippen LogP contribution in [0.4, 0.5) is 8.78 Å². The first kappa shape index (κ1) is 15.8. The van der Waals surface area contributed by atoms with E-state index in [9.17, 15) is 13.6 Å². The quantitative estimate of drug-likeness (QED) is 0.867. The number of hydrogen-bond donors (Lipinski definition) is 1. The molecule has 0 saturated heterocycles. The fourth-order valence-electron chi connectivity index (χ4n) is 1.49. The Balaban J connectivity index is 2.94. The monoisotopic (exact) mass is 337 g/mol. The van der Waals surface area contributed by atoms with E-state index >= 15 is 0 Å². The van der Waals surface area contributed by atoms with Crippen LogP contribution in [0.1, 0.15) is 12.5 Å². The Morgan fingerprint density at radius 1 is 1.53 bits per heavy atom. The zero-order valence-electron chi connectivity index (χ0n) is 10.4. The molecule has 0 aliphatic heterocycles. The first-order valence-electron chi connectivity index (χ1n) is 5.48. The summed E-state index contributed by atoms with van der Waals surface area (Å²) in [6, 6.07) is 4.16. The molecule has 1 aromatic rings. The molecular formula is C12H14BrF2NO3. The minimum Gasteiger partial charge on any atom is -0.480 e. The van der Waals surface area contributed by atoms with Crippen molar-refractivity contribution in [2.24, 2.45) is 0 Å². The molecule has 0 saturated carbocycles. The maximum Gasteiger partial charge on any atom is 0.387 e. The molecular weight excluding hydrogens is 324 g/mol. The second-order valence-electron chi connectivity index (χ2n) is 4.04. The lowest BCUT2D eigenvalue weighted by Crippen LogP contribution is -2.35. The molecule has 106 valence electrons. The zero-order chi connectivity index (χ0) is 14.6. The predicted molar refractivity (Wildman–Crippen MR) is 69.3 cm³/mol. The number of carboxylic acids is 1. The summed E-state index contributed by atoms with van der Waals surface area (Å²) in [5.74, 6) is -0.948. The van der Waals surface area contributed by atoms with Crippen molar-refractivity contribution in [3.05, 3.63) is 28.2 Å². The summed E-state index contributed by atoms with van der Waals surface area (Å²) in [5.41, 5.74) is 0.491. The normalized spacial score (nSPS) is 12.8. The van der Waals surface area contributed by atoms with Crippen LogP contribution in [0.3, 0.4) is 0 Å². The standard InChI is InChI=1S/C12H14BrF2NO3/c1-7(11(17)18)16(2)6-8-4-3-5-9(13)10(8)19-12(14)15/h3-5,7,12H,6H2,1-2H3,(H,17,18). The first-order chi connectivity index (χ1) is 8.82. The Labute approximate surface area is 118 Å². The van der Waals surface area contributed by atoms with Gasteiger partial charge in [0.1, 0.15) is 11.8 Å². The third kappa shape index (κ3) is 4.43. The van der Waals surface area contributed by atoms with E-state index in [4.69, 9.17) is 5.11 Å². The van der Waals surface area contributed by atoms with E-state index < -0.39 is 18.6 Å². The van der Waals surface area contributed by atoms with E-state index in [1.54, 1.807) is 25.2 Å². The second kappa shape index (κ2) is 6.81. The number of hydrogen-bond acceptors (Lipinski definition) is 3. The molecule has 0 spiro atoms. The van der Waals surface area contributed by atoms with E-state index in [-0.39, 0.29) is 12.3 Å². The maximum absolute atomic E-state index is 12.4. The molecule has 1 N–H and O–H groups in total. The molecule has 0 aromatic heterocycles. The molecule has 0 fully saturated rings. The third-order valence-corrected chi connectivity index (χ3v) is 3.32. The summed E-state index contributed by atoms with van der Waals surface area (Å²) in [6.45, 7) is -1.22. The van der Waals surface area contributed by atoms with Gasteiger partial charge in [-0.3, -0.25) is 9.69 Å². The van der Waals surface area contributed by atoms with Crippen LogP contribution in [0.5, 0.6) is 5.75 Å². The van der Waals surface area contributed by atoms with Gasteiger partial charge in [-0.05, 0) is 36.0 Å². The molecule has 0 bridgehead atoms. The van der Waals surface area contributed by atoms with Gasteiger partial charge in [-0.25, -0.2) is 0 Å². The van der Waals surface area contributed by atoms with Crippen molar-refractivity contribution in [1.29, 1.82) is 0 Å². The number of carboxylic acid groups (broad SMARTS) is 1. The Morgan fingerprint density at radius 2 is 2.16 bits per heavy atom. The lowest BCUT2D eigenvalue weighted by atomic mass is 10.1. The fraction of sp³-hybridized carbons (Fsp3) is 0.417. The molecule has 0 aliphatic carbocycles. The molecule has 7 heteroatoms. The van der Waals surface area contributed by atoms with Gasteiger partial charge in [0.25, 0.3) is 0 Å². The highest BCUT2D eigenvalue weighted by atomic mass is 79.9. The summed E-state index contributed by atoms with van der Waals surface area (Å²) in [5, 5.41) is 8.90. The van der Waals surface area contributed by atoms with Crippen molar-refractivity contribution in [3.8, 4) is 5.75 Å². The van der Waals surface area contributed by atoms with Crippen molar-refractivity contribution >= 4 is 21.9 Å². The Morgan fingerprint density at radius 3 is 2.68 bits per heavy atom. The number of likely N-dealkylation sites (N-methyl/N-ethyl adjacent to an activating group) is 1. The van der Waals surface area contributed by atoms with Crippen LogP contribution in [0.25, 0.3) is 0 Å². The smallest absolute Gasteiger partial charge is 0.387 e. The summed E-state index contributed by atoms with van der Waals surface area (Å²) >= 11 is 3.14. The lowest BCUT2D eigenvalue weighted by Gasteiger charge is -2.22. The van der Waals surface area contributed by atoms with E-state index in [1.807, 2.05) is 0 Å². The Bertz CT molecular complexity index is 457. The first-order valence-corrected chi connectivity index (χ1v) is 6.27. The van der Waals surface area contributed by atoms with E-state index in [0.717, 1.165) is 0 Å². The topological polar surface area (TPSA) is 49.8 Å². The number of alkyl halides is 2. The van der Waals surface area contributed by atoms with Gasteiger partial charge >= 0.3 is 12.6 Å². The van der Waals surface area contributed by atoms with Gasteiger partial charge in [0.15, 0.2) is 0 Å². The number of para-hydroxylation sites is 1. The molecule has 1 aromatic carbocycles. The van der Waals surface area contributed by atoms with Crippen molar-refractivity contribution in [2.45, 2.75) is 26.1 Å². The second-order valence-corrected chi connectivity index (χ2v) is 4.89. The molecule has 1 atom stereocenters. The van der Waals surface area contributed by atoms with Gasteiger partial charge < -0.3 is 9.84 Å². The largest absolute Gasteiger partial charge is 0.480 e. The van der Waals surface area contributed by atoms with Gasteiger partial charge in [-0.15, -0.1) is 0 Å². The number of benzene rings is 1. The number of nitrogens with zero attached hydrogens (tertiary/aromatic N) is 1. The minimum absolute atomic E-state index is 0.0296. The summed E-state index contributed by atoms with van der Waals surface area (Å²) in [4.78, 5) is 12.4. The van der Waals surface area contributed by atoms with Gasteiger partial charge in [0.05, 0.1) is 4.47 Å². The Hall–Kier alpha value is -1.21. The highest BCUT2D eigenvalue weighted by Gasteiger charge is 2.20. The van der Waals surface area contributed by atoms with Gasteiger partial charge in [0.2, 0.25) is 0 Å². The fourth-order valence-corrected chi connectivity index (χ4v) is 1.99. The van der Waals surface area contributed by atoms with Crippen molar-refractivity contribution in [2.75, 3.05) is 7.05 Å². The summed E-state index contributed by atoms with van der Waals surface area (Å²) < 4.78 is 29.6. The van der Waals surface area contributed by atoms with Crippen LogP contribution in [0.15, 0.2) is 22.7 Å². The molecule has 0 aliphatic rings. The van der Waals surface area contributed by atoms with Crippen molar-refractivity contribution < 1.29 is 23.4 Å². The van der Waals surface area contributed by atoms with E-state index in [1.165, 1.54) is 11.8 Å². The number of carbonyl (C=O) groups is 1. The Kier molecular flexibility index (Phi) is 5.68. The van der Waals surface area contributed by atoms with Crippen LogP contribution in [-0.2, 0) is 11.3 Å². The van der Waals surface area contributed by atoms with Crippen LogP contribution >= 0.6 is 15.9 Å². The SMILES string of the molecule is CC(C(=O)O)N(C)Cc1cccc(Br)c1OC(F)F. The maximum atomic E-state index is 12.4. The van der Waals surface area contributed by atoms with Crippen LogP contribution in [0, 0.1) is 0 Å². The van der Waals surface area contributed by atoms with Crippen LogP contribution in [0.2, 0.25) is 0 Å². The number of halogens is 3. The highest BCUT2D eigenvalue weighted by Crippen LogP contribution is 2.31. The van der Waals surface area contributed by atoms with E-state index in [2.05, 4.69) is 20.7 Å². The number of rotatable bonds is 6. The minimum atomic E-state index is -2.93. The number of ether oxygens (including phenoxy) is 1. The van der Waals surface area contributed by atoms with Gasteiger partial charge in [0, 0.05) is 12.1 Å². The van der Waals surface area contributed by atoms with E-state index in [0.29, 0.717) is 10.0 Å². The molecule has 19 heavy (non-hydrogen) atoms. The molecule has 0 radical (unpaired) electrons. The molecule has 1 rings (SSSR count). The molecule has 1 unspecified atom stereocenters. The summed E-state index contributed by atoms with van der Waals surface area (Å²) in [6.07, 6.45) is 0. The highest BCUT2D eigenvalue weighted by molar-refractivity contribution is 9.10. The molecule has 0 amide bonds.